The van der Waals surface area contributed by atoms with Gasteiger partial charge in [0, 0.05) is 24.0 Å². The molecule has 18 heavy (non-hydrogen) atoms. The first kappa shape index (κ1) is 13.1. The number of nitrogens with zero attached hydrogens (tertiary/aromatic N) is 2. The van der Waals surface area contributed by atoms with E-state index in [-0.39, 0.29) is 6.04 Å². The molecule has 2 aromatic rings. The normalized spacial score (nSPS) is 12.7. The molecule has 1 N–H and O–H groups in total. The molecule has 1 atom stereocenters. The lowest BCUT2D eigenvalue weighted by Crippen LogP contribution is -2.22. The van der Waals surface area contributed by atoms with Crippen LogP contribution in [0.3, 0.4) is 0 Å². The lowest BCUT2D eigenvalue weighted by atomic mass is 10.0. The van der Waals surface area contributed by atoms with Crippen molar-refractivity contribution in [2.24, 2.45) is 0 Å². The summed E-state index contributed by atoms with van der Waals surface area (Å²) in [5.41, 5.74) is 2.23. The summed E-state index contributed by atoms with van der Waals surface area (Å²) in [5.74, 6) is 0.991. The Hall–Kier alpha value is -1.32. The second-order valence-corrected chi connectivity index (χ2v) is 4.73. The SMILES string of the molecule is CCn1ccnc1C(NC)c1ccc(C)cc1Cl. The van der Waals surface area contributed by atoms with E-state index in [0.717, 1.165) is 28.5 Å². The zero-order chi connectivity index (χ0) is 13.1. The molecule has 96 valence electrons. The molecule has 0 saturated heterocycles. The Morgan fingerprint density at radius 1 is 1.44 bits per heavy atom. The first-order valence-corrected chi connectivity index (χ1v) is 6.49. The van der Waals surface area contributed by atoms with E-state index in [1.165, 1.54) is 0 Å². The maximum absolute atomic E-state index is 6.34. The third kappa shape index (κ3) is 2.42. The molecule has 0 fully saturated rings. The predicted molar refractivity (Wildman–Crippen MR) is 75.0 cm³/mol. The summed E-state index contributed by atoms with van der Waals surface area (Å²) >= 11 is 6.34. The van der Waals surface area contributed by atoms with Crippen molar-refractivity contribution in [3.8, 4) is 0 Å². The van der Waals surface area contributed by atoms with Gasteiger partial charge in [-0.2, -0.15) is 0 Å². The molecular weight excluding hydrogens is 246 g/mol. The Balaban J connectivity index is 2.45. The van der Waals surface area contributed by atoms with Crippen molar-refractivity contribution in [1.82, 2.24) is 14.9 Å². The highest BCUT2D eigenvalue weighted by atomic mass is 35.5. The van der Waals surface area contributed by atoms with Gasteiger partial charge in [-0.05, 0) is 38.1 Å². The quantitative estimate of drug-likeness (QED) is 0.918. The summed E-state index contributed by atoms with van der Waals surface area (Å²) in [6.45, 7) is 5.04. The van der Waals surface area contributed by atoms with Gasteiger partial charge in [0.1, 0.15) is 5.82 Å². The minimum absolute atomic E-state index is 0.0213. The van der Waals surface area contributed by atoms with Crippen LogP contribution >= 0.6 is 11.6 Å². The van der Waals surface area contributed by atoms with Gasteiger partial charge in [0.25, 0.3) is 0 Å². The monoisotopic (exact) mass is 263 g/mol. The van der Waals surface area contributed by atoms with Crippen molar-refractivity contribution in [1.29, 1.82) is 0 Å². The van der Waals surface area contributed by atoms with Gasteiger partial charge in [-0.1, -0.05) is 23.7 Å². The van der Waals surface area contributed by atoms with Crippen LogP contribution in [0.4, 0.5) is 0 Å². The summed E-state index contributed by atoms with van der Waals surface area (Å²) < 4.78 is 2.12. The summed E-state index contributed by atoms with van der Waals surface area (Å²) in [6.07, 6.45) is 3.81. The van der Waals surface area contributed by atoms with Crippen molar-refractivity contribution in [3.63, 3.8) is 0 Å². The smallest absolute Gasteiger partial charge is 0.130 e. The average Bonchev–Trinajstić information content (AvgIpc) is 2.81. The van der Waals surface area contributed by atoms with Gasteiger partial charge in [-0.15, -0.1) is 0 Å². The van der Waals surface area contributed by atoms with Gasteiger partial charge >= 0.3 is 0 Å². The minimum atomic E-state index is 0.0213. The summed E-state index contributed by atoms with van der Waals surface area (Å²) in [6, 6.07) is 6.15. The summed E-state index contributed by atoms with van der Waals surface area (Å²) in [7, 11) is 1.93. The fourth-order valence-electron chi connectivity index (χ4n) is 2.14. The molecule has 0 spiro atoms. The first-order chi connectivity index (χ1) is 8.67. The highest BCUT2D eigenvalue weighted by Gasteiger charge is 2.19. The second-order valence-electron chi connectivity index (χ2n) is 4.32. The van der Waals surface area contributed by atoms with Gasteiger partial charge in [0.2, 0.25) is 0 Å². The van der Waals surface area contributed by atoms with Gasteiger partial charge in [0.15, 0.2) is 0 Å². The highest BCUT2D eigenvalue weighted by molar-refractivity contribution is 6.31. The van der Waals surface area contributed by atoms with E-state index in [4.69, 9.17) is 11.6 Å². The Kier molecular flexibility index (Phi) is 4.04. The number of hydrogen-bond acceptors (Lipinski definition) is 2. The fourth-order valence-corrected chi connectivity index (χ4v) is 2.48. The topological polar surface area (TPSA) is 29.9 Å². The molecule has 3 nitrogen and oxygen atoms in total. The number of imidazole rings is 1. The van der Waals surface area contributed by atoms with Crippen molar-refractivity contribution in [2.45, 2.75) is 26.4 Å². The van der Waals surface area contributed by atoms with Crippen LogP contribution in [0.2, 0.25) is 5.02 Å². The number of rotatable bonds is 4. The molecule has 0 aliphatic rings. The number of hydrogen-bond donors (Lipinski definition) is 1. The first-order valence-electron chi connectivity index (χ1n) is 6.11. The standard InChI is InChI=1S/C14H18ClN3/c1-4-18-8-7-17-14(18)13(16-3)11-6-5-10(2)9-12(11)15/h5-9,13,16H,4H2,1-3H3. The van der Waals surface area contributed by atoms with E-state index in [1.807, 2.05) is 32.4 Å². The molecule has 2 rings (SSSR count). The van der Waals surface area contributed by atoms with E-state index >= 15 is 0 Å². The van der Waals surface area contributed by atoms with Crippen LogP contribution in [0.5, 0.6) is 0 Å². The van der Waals surface area contributed by atoms with Crippen LogP contribution in [0.25, 0.3) is 0 Å². The number of aryl methyl sites for hydroxylation is 2. The van der Waals surface area contributed by atoms with Crippen LogP contribution in [-0.4, -0.2) is 16.6 Å². The lowest BCUT2D eigenvalue weighted by molar-refractivity contribution is 0.590. The summed E-state index contributed by atoms with van der Waals surface area (Å²) in [5, 5.41) is 4.07. The van der Waals surface area contributed by atoms with E-state index in [1.54, 1.807) is 0 Å². The van der Waals surface area contributed by atoms with E-state index in [9.17, 15) is 0 Å². The Morgan fingerprint density at radius 2 is 2.22 bits per heavy atom. The highest BCUT2D eigenvalue weighted by Crippen LogP contribution is 2.28. The van der Waals surface area contributed by atoms with Crippen LogP contribution in [-0.2, 0) is 6.54 Å². The van der Waals surface area contributed by atoms with E-state index in [0.29, 0.717) is 0 Å². The van der Waals surface area contributed by atoms with Crippen molar-refractivity contribution >= 4 is 11.6 Å². The fraction of sp³-hybridized carbons (Fsp3) is 0.357. The zero-order valence-electron chi connectivity index (χ0n) is 10.9. The zero-order valence-corrected chi connectivity index (χ0v) is 11.7. The van der Waals surface area contributed by atoms with Gasteiger partial charge in [-0.3, -0.25) is 0 Å². The molecule has 1 unspecified atom stereocenters. The molecule has 0 aliphatic carbocycles. The molecule has 0 amide bonds. The van der Waals surface area contributed by atoms with Crippen molar-refractivity contribution < 1.29 is 0 Å². The lowest BCUT2D eigenvalue weighted by Gasteiger charge is -2.19. The van der Waals surface area contributed by atoms with E-state index < -0.39 is 0 Å². The third-order valence-corrected chi connectivity index (χ3v) is 3.43. The molecule has 0 aliphatic heterocycles. The van der Waals surface area contributed by atoms with Gasteiger partial charge < -0.3 is 9.88 Å². The maximum atomic E-state index is 6.34. The number of benzene rings is 1. The van der Waals surface area contributed by atoms with Gasteiger partial charge in [-0.25, -0.2) is 4.98 Å². The van der Waals surface area contributed by atoms with Crippen LogP contribution in [0.1, 0.15) is 29.9 Å². The van der Waals surface area contributed by atoms with Crippen molar-refractivity contribution in [2.75, 3.05) is 7.05 Å². The number of aromatic nitrogens is 2. The molecule has 1 aromatic heterocycles. The molecule has 0 bridgehead atoms. The van der Waals surface area contributed by atoms with Gasteiger partial charge in [0.05, 0.1) is 6.04 Å². The number of halogens is 1. The Labute approximate surface area is 113 Å². The van der Waals surface area contributed by atoms with E-state index in [2.05, 4.69) is 33.9 Å². The minimum Gasteiger partial charge on any atom is -0.334 e. The van der Waals surface area contributed by atoms with Crippen molar-refractivity contribution in [3.05, 3.63) is 52.6 Å². The molecular formula is C14H18ClN3. The Bertz CT molecular complexity index is 534. The molecule has 4 heteroatoms. The Morgan fingerprint density at radius 3 is 2.83 bits per heavy atom. The molecule has 1 aromatic carbocycles. The predicted octanol–water partition coefficient (Wildman–Crippen LogP) is 3.17. The molecule has 0 radical (unpaired) electrons. The third-order valence-electron chi connectivity index (χ3n) is 3.10. The van der Waals surface area contributed by atoms with Crippen LogP contribution in [0.15, 0.2) is 30.6 Å². The maximum Gasteiger partial charge on any atom is 0.130 e. The molecule has 1 heterocycles. The number of nitrogens with one attached hydrogen (secondary N) is 1. The van der Waals surface area contributed by atoms with Crippen LogP contribution < -0.4 is 5.32 Å². The van der Waals surface area contributed by atoms with Crippen LogP contribution in [0, 0.1) is 6.92 Å². The average molecular weight is 264 g/mol. The largest absolute Gasteiger partial charge is 0.334 e. The second kappa shape index (κ2) is 5.55. The molecule has 0 saturated carbocycles. The summed E-state index contributed by atoms with van der Waals surface area (Å²) in [4.78, 5) is 4.44.